The molecule has 6 nitrogen and oxygen atoms in total. The van der Waals surface area contributed by atoms with Crippen LogP contribution in [-0.2, 0) is 6.42 Å². The number of halogens is 2. The Bertz CT molecular complexity index is 856. The highest BCUT2D eigenvalue weighted by Gasteiger charge is 2.28. The van der Waals surface area contributed by atoms with E-state index < -0.39 is 0 Å². The summed E-state index contributed by atoms with van der Waals surface area (Å²) in [6, 6.07) is 8.75. The topological polar surface area (TPSA) is 73.3 Å². The second-order valence-electron chi connectivity index (χ2n) is 7.82. The van der Waals surface area contributed by atoms with Crippen molar-refractivity contribution in [2.75, 3.05) is 35.2 Å². The Morgan fingerprint density at radius 2 is 1.80 bits per heavy atom. The Kier molecular flexibility index (Phi) is 8.34. The van der Waals surface area contributed by atoms with Gasteiger partial charge >= 0.3 is 0 Å². The maximum absolute atomic E-state index is 8.77. The van der Waals surface area contributed by atoms with E-state index in [1.807, 2.05) is 18.2 Å². The summed E-state index contributed by atoms with van der Waals surface area (Å²) in [6.07, 6.45) is 6.49. The number of fused-ring (bicyclic) bond motifs is 5. The van der Waals surface area contributed by atoms with Gasteiger partial charge in [-0.15, -0.1) is 0 Å². The summed E-state index contributed by atoms with van der Waals surface area (Å²) in [4.78, 5) is 11.0. The van der Waals surface area contributed by atoms with E-state index in [4.69, 9.17) is 28.3 Å². The summed E-state index contributed by atoms with van der Waals surface area (Å²) in [5.74, 6) is 1.87. The van der Waals surface area contributed by atoms with E-state index in [9.17, 15) is 0 Å². The largest absolute Gasteiger partial charge is 0.396 e. The number of hydrogen-bond donors (Lipinski definition) is 3. The van der Waals surface area contributed by atoms with Gasteiger partial charge in [0.05, 0.1) is 5.69 Å². The van der Waals surface area contributed by atoms with E-state index in [0.29, 0.717) is 22.4 Å². The number of aromatic nitrogens is 2. The molecule has 9 heteroatoms. The van der Waals surface area contributed by atoms with Crippen LogP contribution in [0, 0.1) is 0 Å². The lowest BCUT2D eigenvalue weighted by Gasteiger charge is -2.40. The van der Waals surface area contributed by atoms with Crippen LogP contribution in [0.2, 0.25) is 10.3 Å². The van der Waals surface area contributed by atoms with Gasteiger partial charge in [0.25, 0.3) is 0 Å². The molecular weight excluding hydrogens is 441 g/mol. The molecule has 0 radical (unpaired) electrons. The normalized spacial score (nSPS) is 21.0. The van der Waals surface area contributed by atoms with Crippen molar-refractivity contribution in [3.63, 3.8) is 0 Å². The summed E-state index contributed by atoms with van der Waals surface area (Å²) in [6.45, 7) is 2.51. The number of piperidine rings is 1. The molecule has 5 heterocycles. The molecule has 0 aromatic carbocycles. The zero-order chi connectivity index (χ0) is 20.2. The van der Waals surface area contributed by atoms with Crippen molar-refractivity contribution < 1.29 is 5.11 Å². The van der Waals surface area contributed by atoms with Gasteiger partial charge in [-0.1, -0.05) is 29.3 Å². The van der Waals surface area contributed by atoms with Crippen LogP contribution in [0.5, 0.6) is 0 Å². The molecule has 3 aliphatic rings. The molecular formula is C21H29Cl2N5OS. The number of aliphatic hydroxyl groups excluding tert-OH is 1. The summed E-state index contributed by atoms with van der Waals surface area (Å²) >= 11 is 11.7. The van der Waals surface area contributed by atoms with Crippen LogP contribution in [0.25, 0.3) is 0 Å². The highest BCUT2D eigenvalue weighted by atomic mass is 35.5. The van der Waals surface area contributed by atoms with Gasteiger partial charge in [-0.05, 0) is 62.3 Å². The van der Waals surface area contributed by atoms with Crippen molar-refractivity contribution >= 4 is 54.0 Å². The zero-order valence-corrected chi connectivity index (χ0v) is 19.4. The minimum Gasteiger partial charge on any atom is -0.396 e. The minimum atomic E-state index is 0. The Labute approximate surface area is 194 Å². The van der Waals surface area contributed by atoms with Gasteiger partial charge in [0.1, 0.15) is 16.1 Å². The van der Waals surface area contributed by atoms with E-state index in [1.165, 1.54) is 24.1 Å². The fourth-order valence-electron chi connectivity index (χ4n) is 4.24. The fraction of sp³-hybridized carbons (Fsp3) is 0.524. The highest BCUT2D eigenvalue weighted by Crippen LogP contribution is 2.33. The highest BCUT2D eigenvalue weighted by molar-refractivity contribution is 7.59. The Hall–Kier alpha value is -1.41. The maximum atomic E-state index is 8.77. The molecule has 164 valence electrons. The number of hydrogen-bond acceptors (Lipinski definition) is 6. The van der Waals surface area contributed by atoms with Gasteiger partial charge in [-0.2, -0.15) is 13.5 Å². The number of pyridine rings is 2. The van der Waals surface area contributed by atoms with Gasteiger partial charge in [0.2, 0.25) is 0 Å². The van der Waals surface area contributed by atoms with Crippen LogP contribution in [0.15, 0.2) is 24.3 Å². The lowest BCUT2D eigenvalue weighted by Crippen LogP contribution is -2.46. The van der Waals surface area contributed by atoms with Gasteiger partial charge in [0, 0.05) is 31.8 Å². The van der Waals surface area contributed by atoms with E-state index in [1.54, 1.807) is 0 Å². The number of rotatable bonds is 3. The van der Waals surface area contributed by atoms with Crippen LogP contribution in [-0.4, -0.2) is 46.9 Å². The molecule has 1 fully saturated rings. The Balaban J connectivity index is 0.000000165. The maximum Gasteiger partial charge on any atom is 0.151 e. The molecule has 1 unspecified atom stereocenters. The van der Waals surface area contributed by atoms with Gasteiger partial charge in [-0.3, -0.25) is 0 Å². The van der Waals surface area contributed by atoms with Crippen LogP contribution < -0.4 is 15.5 Å². The third-order valence-corrected chi connectivity index (χ3v) is 6.12. The number of nitrogens with zero attached hydrogens (tertiary/aromatic N) is 3. The van der Waals surface area contributed by atoms with E-state index in [-0.39, 0.29) is 20.1 Å². The number of anilines is 3. The molecule has 0 spiro atoms. The molecule has 30 heavy (non-hydrogen) atoms. The van der Waals surface area contributed by atoms with Crippen molar-refractivity contribution in [1.82, 2.24) is 9.97 Å². The zero-order valence-electron chi connectivity index (χ0n) is 16.9. The molecule has 0 saturated carbocycles. The van der Waals surface area contributed by atoms with E-state index in [2.05, 4.69) is 31.6 Å². The van der Waals surface area contributed by atoms with Crippen molar-refractivity contribution in [1.29, 1.82) is 0 Å². The van der Waals surface area contributed by atoms with E-state index in [0.717, 1.165) is 50.4 Å². The standard InChI is InChI=1S/C11H15ClN2O.C10H12ClN3.H2S/c12-10-6-4-8-3-5-9(2-1-7-15)13-11(8)14-10;11-9-4-3-8-10(13-9)12-7-2-1-5-14(8)6-7;/h4,6,9,15H,1-3,5,7H2,(H,13,14);3-4,7H,1-2,5-6H2,(H,12,13);1H2/t9-;;/m0../s1. The molecule has 0 amide bonds. The number of aliphatic hydroxyl groups is 1. The first kappa shape index (κ1) is 23.3. The van der Waals surface area contributed by atoms with Crippen molar-refractivity contribution in [3.05, 3.63) is 40.1 Å². The van der Waals surface area contributed by atoms with Crippen LogP contribution in [0.4, 0.5) is 17.3 Å². The minimum absolute atomic E-state index is 0. The van der Waals surface area contributed by atoms with E-state index >= 15 is 0 Å². The summed E-state index contributed by atoms with van der Waals surface area (Å²) in [7, 11) is 0. The average Bonchev–Trinajstić information content (AvgIpc) is 2.72. The van der Waals surface area contributed by atoms with Crippen LogP contribution in [0.1, 0.15) is 37.7 Å². The fourth-order valence-corrected chi connectivity index (χ4v) is 4.53. The quantitative estimate of drug-likeness (QED) is 0.575. The van der Waals surface area contributed by atoms with Gasteiger partial charge in [-0.25, -0.2) is 9.97 Å². The molecule has 1 saturated heterocycles. The molecule has 2 aromatic heterocycles. The summed E-state index contributed by atoms with van der Waals surface area (Å²) in [5.41, 5.74) is 2.44. The Morgan fingerprint density at radius 3 is 2.60 bits per heavy atom. The number of nitrogens with one attached hydrogen (secondary N) is 2. The van der Waals surface area contributed by atoms with Gasteiger partial charge in [0.15, 0.2) is 5.82 Å². The van der Waals surface area contributed by atoms with Crippen molar-refractivity contribution in [3.8, 4) is 0 Å². The lowest BCUT2D eigenvalue weighted by molar-refractivity contribution is 0.279. The molecule has 2 atom stereocenters. The summed E-state index contributed by atoms with van der Waals surface area (Å²) < 4.78 is 0. The smallest absolute Gasteiger partial charge is 0.151 e. The number of aryl methyl sites for hydroxylation is 1. The van der Waals surface area contributed by atoms with Crippen molar-refractivity contribution in [2.45, 2.75) is 50.6 Å². The SMILES string of the molecule is Clc1ccc2c(n1)NC1CCCN2C1.OCCC[C@H]1CCc2ccc(Cl)nc2N1.S. The molecule has 2 aromatic rings. The van der Waals surface area contributed by atoms with Gasteiger partial charge < -0.3 is 20.6 Å². The summed E-state index contributed by atoms with van der Waals surface area (Å²) in [5, 5.41) is 16.7. The second kappa shape index (κ2) is 10.8. The second-order valence-corrected chi connectivity index (χ2v) is 8.59. The first-order chi connectivity index (χ1) is 14.1. The first-order valence-electron chi connectivity index (χ1n) is 10.3. The van der Waals surface area contributed by atoms with Crippen molar-refractivity contribution in [2.24, 2.45) is 0 Å². The molecule has 5 rings (SSSR count). The predicted octanol–water partition coefficient (Wildman–Crippen LogP) is 4.48. The monoisotopic (exact) mass is 469 g/mol. The average molecular weight is 470 g/mol. The predicted molar refractivity (Wildman–Crippen MR) is 130 cm³/mol. The molecule has 2 bridgehead atoms. The molecule has 0 aliphatic carbocycles. The third kappa shape index (κ3) is 5.63. The lowest BCUT2D eigenvalue weighted by atomic mass is 9.98. The Morgan fingerprint density at radius 1 is 1.03 bits per heavy atom. The third-order valence-electron chi connectivity index (χ3n) is 5.70. The molecule has 3 N–H and O–H groups in total. The molecule has 3 aliphatic heterocycles. The van der Waals surface area contributed by atoms with Crippen LogP contribution in [0.3, 0.4) is 0 Å². The van der Waals surface area contributed by atoms with Crippen LogP contribution >= 0.6 is 36.7 Å². The first-order valence-corrected chi connectivity index (χ1v) is 11.1.